The third-order valence-corrected chi connectivity index (χ3v) is 8.60. The summed E-state index contributed by atoms with van der Waals surface area (Å²) in [7, 11) is 0. The Morgan fingerprint density at radius 2 is 1.70 bits per heavy atom. The molecule has 0 aromatic heterocycles. The molecule has 166 valence electrons. The lowest BCUT2D eigenvalue weighted by Crippen LogP contribution is -2.49. The van der Waals surface area contributed by atoms with E-state index in [2.05, 4.69) is 51.1 Å². The molecule has 5 rings (SSSR count). The normalized spacial score (nSPS) is 32.6. The molecule has 1 aromatic carbocycles. The molecule has 2 atom stereocenters. The number of carbonyl (C=O) groups excluding carboxylic acids is 1. The van der Waals surface area contributed by atoms with Gasteiger partial charge in [0.05, 0.1) is 11.5 Å². The maximum Gasteiger partial charge on any atom is 0.313 e. The first-order chi connectivity index (χ1) is 14.5. The van der Waals surface area contributed by atoms with Crippen molar-refractivity contribution < 1.29 is 14.3 Å². The first-order valence-corrected chi connectivity index (χ1v) is 12.3. The second-order valence-electron chi connectivity index (χ2n) is 10.7. The summed E-state index contributed by atoms with van der Waals surface area (Å²) in [6, 6.07) is 10.6. The zero-order chi connectivity index (χ0) is 21.1. The Morgan fingerprint density at radius 1 is 1.07 bits per heavy atom. The lowest BCUT2D eigenvalue weighted by atomic mass is 9.55. The maximum atomic E-state index is 12.9. The summed E-state index contributed by atoms with van der Waals surface area (Å²) >= 11 is 0. The molecule has 30 heavy (non-hydrogen) atoms. The van der Waals surface area contributed by atoms with Crippen LogP contribution in [-0.2, 0) is 14.3 Å². The number of hydrogen-bond donors (Lipinski definition) is 0. The van der Waals surface area contributed by atoms with Gasteiger partial charge >= 0.3 is 5.97 Å². The fourth-order valence-corrected chi connectivity index (χ4v) is 6.66. The van der Waals surface area contributed by atoms with E-state index in [1.165, 1.54) is 37.7 Å². The zero-order valence-electron chi connectivity index (χ0n) is 19.1. The van der Waals surface area contributed by atoms with Crippen LogP contribution in [0.25, 0.3) is 0 Å². The van der Waals surface area contributed by atoms with Crippen LogP contribution in [0.3, 0.4) is 0 Å². The van der Waals surface area contributed by atoms with Gasteiger partial charge in [0, 0.05) is 0 Å². The lowest BCUT2D eigenvalue weighted by molar-refractivity contribution is -0.194. The summed E-state index contributed by atoms with van der Waals surface area (Å²) in [6.07, 6.45) is 10.9. The Kier molecular flexibility index (Phi) is 6.87. The van der Waals surface area contributed by atoms with Gasteiger partial charge in [-0.1, -0.05) is 50.6 Å². The first-order valence-electron chi connectivity index (χ1n) is 12.3. The minimum atomic E-state index is -0.413. The Morgan fingerprint density at radius 3 is 2.30 bits per heavy atom. The third-order valence-electron chi connectivity index (χ3n) is 8.60. The fraction of sp³-hybridized carbons (Fsp3) is 0.741. The summed E-state index contributed by atoms with van der Waals surface area (Å²) in [5, 5.41) is 0. The van der Waals surface area contributed by atoms with Gasteiger partial charge in [0.2, 0.25) is 0 Å². The van der Waals surface area contributed by atoms with Crippen molar-refractivity contribution >= 4 is 5.97 Å². The van der Waals surface area contributed by atoms with Crippen molar-refractivity contribution in [2.24, 2.45) is 29.1 Å². The predicted octanol–water partition coefficient (Wildman–Crippen LogP) is 6.72. The van der Waals surface area contributed by atoms with E-state index in [0.29, 0.717) is 23.9 Å². The molecule has 2 unspecified atom stereocenters. The summed E-state index contributed by atoms with van der Waals surface area (Å²) in [5.41, 5.74) is 0.964. The molecule has 3 nitrogen and oxygen atoms in total. The second-order valence-corrected chi connectivity index (χ2v) is 10.7. The number of esters is 1. The van der Waals surface area contributed by atoms with Crippen molar-refractivity contribution in [3.8, 4) is 0 Å². The van der Waals surface area contributed by atoms with E-state index in [0.717, 1.165) is 37.5 Å². The second kappa shape index (κ2) is 9.42. The van der Waals surface area contributed by atoms with Crippen molar-refractivity contribution in [2.75, 3.05) is 6.79 Å². The molecule has 4 fully saturated rings. The van der Waals surface area contributed by atoms with Crippen LogP contribution < -0.4 is 0 Å². The molecule has 0 spiro atoms. The highest BCUT2D eigenvalue weighted by Crippen LogP contribution is 2.54. The van der Waals surface area contributed by atoms with E-state index in [1.54, 1.807) is 0 Å². The molecule has 4 aliphatic carbocycles. The third kappa shape index (κ3) is 4.77. The molecule has 3 heteroatoms. The van der Waals surface area contributed by atoms with E-state index in [1.807, 2.05) is 0 Å². The van der Waals surface area contributed by atoms with Crippen molar-refractivity contribution in [3.63, 3.8) is 0 Å². The molecule has 4 aliphatic rings. The van der Waals surface area contributed by atoms with Gasteiger partial charge in [-0.05, 0) is 93.4 Å². The largest absolute Gasteiger partial charge is 0.438 e. The van der Waals surface area contributed by atoms with E-state index >= 15 is 0 Å². The van der Waals surface area contributed by atoms with Gasteiger partial charge in [-0.25, -0.2) is 0 Å². The van der Waals surface area contributed by atoms with Gasteiger partial charge in [0.1, 0.15) is 0 Å². The van der Waals surface area contributed by atoms with Gasteiger partial charge in [0.25, 0.3) is 0 Å². The number of ether oxygens (including phenoxy) is 2. The van der Waals surface area contributed by atoms with E-state index in [9.17, 15) is 4.79 Å². The molecular weight excluding hydrogens is 372 g/mol. The molecule has 0 aliphatic heterocycles. The highest BCUT2D eigenvalue weighted by molar-refractivity contribution is 5.76. The van der Waals surface area contributed by atoms with Crippen LogP contribution in [0.2, 0.25) is 0 Å². The quantitative estimate of drug-likeness (QED) is 0.316. The molecule has 4 bridgehead atoms. The van der Waals surface area contributed by atoms with Gasteiger partial charge in [-0.3, -0.25) is 4.79 Å². The van der Waals surface area contributed by atoms with Crippen molar-refractivity contribution in [3.05, 3.63) is 35.9 Å². The molecule has 0 heterocycles. The van der Waals surface area contributed by atoms with Crippen molar-refractivity contribution in [2.45, 2.75) is 90.6 Å². The smallest absolute Gasteiger partial charge is 0.313 e. The van der Waals surface area contributed by atoms with Crippen molar-refractivity contribution in [1.29, 1.82) is 0 Å². The SMILES string of the molecule is CCC(C)(CCCC(C)c1ccccc1)C(=O)OCOC1C2CC3CC(C2)CC1C3. The topological polar surface area (TPSA) is 35.5 Å². The molecular formula is C27H40O3. The summed E-state index contributed by atoms with van der Waals surface area (Å²) in [6.45, 7) is 6.57. The van der Waals surface area contributed by atoms with Gasteiger partial charge in [-0.2, -0.15) is 0 Å². The van der Waals surface area contributed by atoms with Crippen LogP contribution in [0, 0.1) is 29.1 Å². The Bertz CT molecular complexity index is 671. The van der Waals surface area contributed by atoms with Crippen LogP contribution in [0.15, 0.2) is 30.3 Å². The van der Waals surface area contributed by atoms with E-state index in [4.69, 9.17) is 9.47 Å². The fourth-order valence-electron chi connectivity index (χ4n) is 6.66. The van der Waals surface area contributed by atoms with Gasteiger partial charge < -0.3 is 9.47 Å². The van der Waals surface area contributed by atoms with E-state index in [-0.39, 0.29) is 12.8 Å². The van der Waals surface area contributed by atoms with E-state index < -0.39 is 5.41 Å². The maximum absolute atomic E-state index is 12.9. The van der Waals surface area contributed by atoms with Gasteiger partial charge in [-0.15, -0.1) is 0 Å². The number of hydrogen-bond acceptors (Lipinski definition) is 3. The zero-order valence-corrected chi connectivity index (χ0v) is 19.1. The lowest BCUT2D eigenvalue weighted by Gasteiger charge is -2.53. The minimum absolute atomic E-state index is 0.0822. The highest BCUT2D eigenvalue weighted by atomic mass is 16.7. The number of rotatable bonds is 10. The molecule has 0 N–H and O–H groups in total. The standard InChI is InChI=1S/C27H40O3/c1-4-27(3,12-8-9-19(2)22-10-6-5-7-11-22)26(28)30-18-29-25-23-14-20-13-21(16-23)17-24(25)15-20/h5-7,10-11,19-21,23-25H,4,8-9,12-18H2,1-3H3. The number of carbonyl (C=O) groups is 1. The van der Waals surface area contributed by atoms with Crippen LogP contribution in [-0.4, -0.2) is 18.9 Å². The molecule has 0 saturated heterocycles. The van der Waals surface area contributed by atoms with Crippen LogP contribution >= 0.6 is 0 Å². The van der Waals surface area contributed by atoms with Gasteiger partial charge in [0.15, 0.2) is 6.79 Å². The summed E-state index contributed by atoms with van der Waals surface area (Å²) in [5.74, 6) is 3.73. The Labute approximate surface area is 182 Å². The molecule has 4 saturated carbocycles. The van der Waals surface area contributed by atoms with Crippen LogP contribution in [0.1, 0.15) is 90.0 Å². The monoisotopic (exact) mass is 412 g/mol. The Hall–Kier alpha value is -1.35. The summed E-state index contributed by atoms with van der Waals surface area (Å²) in [4.78, 5) is 12.9. The van der Waals surface area contributed by atoms with Crippen LogP contribution in [0.4, 0.5) is 0 Å². The van der Waals surface area contributed by atoms with Crippen molar-refractivity contribution in [1.82, 2.24) is 0 Å². The van der Waals surface area contributed by atoms with Crippen LogP contribution in [0.5, 0.6) is 0 Å². The number of benzene rings is 1. The Balaban J connectivity index is 1.21. The molecule has 0 radical (unpaired) electrons. The average molecular weight is 413 g/mol. The minimum Gasteiger partial charge on any atom is -0.438 e. The average Bonchev–Trinajstić information content (AvgIpc) is 2.75. The summed E-state index contributed by atoms with van der Waals surface area (Å²) < 4.78 is 11.9. The molecule has 1 aromatic rings. The highest BCUT2D eigenvalue weighted by Gasteiger charge is 2.49. The predicted molar refractivity (Wildman–Crippen MR) is 120 cm³/mol. The first kappa shape index (κ1) is 21.9. The molecule has 0 amide bonds.